The second-order valence-electron chi connectivity index (χ2n) is 6.64. The topological polar surface area (TPSA) is 90.6 Å². The van der Waals surface area contributed by atoms with E-state index in [9.17, 15) is 9.59 Å². The summed E-state index contributed by atoms with van der Waals surface area (Å²) in [5.41, 5.74) is 1.14. The quantitative estimate of drug-likeness (QED) is 0.518. The van der Waals surface area contributed by atoms with Gasteiger partial charge in [-0.25, -0.2) is 9.80 Å². The summed E-state index contributed by atoms with van der Waals surface area (Å²) in [7, 11) is 2.75. The van der Waals surface area contributed by atoms with E-state index in [1.165, 1.54) is 25.3 Å². The molecule has 8 nitrogen and oxygen atoms in total. The predicted molar refractivity (Wildman–Crippen MR) is 114 cm³/mol. The molecule has 9 heteroatoms. The van der Waals surface area contributed by atoms with Gasteiger partial charge in [0.05, 0.1) is 36.6 Å². The number of hydrogen-bond acceptors (Lipinski definition) is 8. The number of methoxy groups -OCH3 is 2. The molecule has 0 N–H and O–H groups in total. The minimum atomic E-state index is -0.491. The molecule has 1 aliphatic heterocycles. The average Bonchev–Trinajstić information content (AvgIpc) is 3.56. The standard InChI is InChI=1S/C22H20N2O6S/c1-27-19-11-14(22(26)28-2)7-8-18(19)30-13-21(25)24-16(17-5-3-9-29-17)12-15(23-24)20-6-4-10-31-20/h3-11,16H,12-13H2,1-2H3/t16-/m1/s1. The SMILES string of the molecule is COC(=O)c1ccc(OCC(=O)N2N=C(c3cccs3)C[C@@H]2c2ccco2)c(OC)c1. The Labute approximate surface area is 182 Å². The fourth-order valence-corrected chi connectivity index (χ4v) is 3.99. The van der Waals surface area contributed by atoms with Crippen LogP contribution < -0.4 is 9.47 Å². The number of nitrogens with zero attached hydrogens (tertiary/aromatic N) is 2. The Morgan fingerprint density at radius 2 is 2.06 bits per heavy atom. The highest BCUT2D eigenvalue weighted by Crippen LogP contribution is 2.34. The van der Waals surface area contributed by atoms with Crippen molar-refractivity contribution in [2.24, 2.45) is 5.10 Å². The lowest BCUT2D eigenvalue weighted by atomic mass is 10.1. The van der Waals surface area contributed by atoms with Crippen LogP contribution in [0.3, 0.4) is 0 Å². The van der Waals surface area contributed by atoms with E-state index < -0.39 is 5.97 Å². The van der Waals surface area contributed by atoms with Gasteiger partial charge in [-0.15, -0.1) is 11.3 Å². The van der Waals surface area contributed by atoms with Gasteiger partial charge in [-0.1, -0.05) is 6.07 Å². The third-order valence-corrected chi connectivity index (χ3v) is 5.70. The molecule has 4 rings (SSSR count). The monoisotopic (exact) mass is 440 g/mol. The maximum Gasteiger partial charge on any atom is 0.337 e. The number of hydrazone groups is 1. The second-order valence-corrected chi connectivity index (χ2v) is 7.59. The Bertz CT molecular complexity index is 1090. The van der Waals surface area contributed by atoms with Crippen molar-refractivity contribution >= 4 is 28.9 Å². The van der Waals surface area contributed by atoms with Gasteiger partial charge in [0, 0.05) is 6.42 Å². The van der Waals surface area contributed by atoms with Gasteiger partial charge < -0.3 is 18.6 Å². The highest BCUT2D eigenvalue weighted by molar-refractivity contribution is 7.12. The summed E-state index contributed by atoms with van der Waals surface area (Å²) in [6, 6.07) is 11.8. The Morgan fingerprint density at radius 3 is 2.74 bits per heavy atom. The number of furan rings is 1. The van der Waals surface area contributed by atoms with Crippen LogP contribution in [0.4, 0.5) is 0 Å². The Kier molecular flexibility index (Phi) is 6.03. The van der Waals surface area contributed by atoms with E-state index in [1.807, 2.05) is 23.6 Å². The van der Waals surface area contributed by atoms with E-state index in [1.54, 1.807) is 35.8 Å². The fourth-order valence-electron chi connectivity index (χ4n) is 3.27. The molecule has 1 amide bonds. The second kappa shape index (κ2) is 9.05. The zero-order valence-corrected chi connectivity index (χ0v) is 17.8. The highest BCUT2D eigenvalue weighted by Gasteiger charge is 2.35. The summed E-state index contributed by atoms with van der Waals surface area (Å²) in [4.78, 5) is 25.7. The summed E-state index contributed by atoms with van der Waals surface area (Å²) in [5.74, 6) is 0.493. The molecule has 31 heavy (non-hydrogen) atoms. The molecule has 1 aliphatic rings. The minimum absolute atomic E-state index is 0.258. The third kappa shape index (κ3) is 4.31. The molecular formula is C22H20N2O6S. The number of benzene rings is 1. The highest BCUT2D eigenvalue weighted by atomic mass is 32.1. The molecule has 160 valence electrons. The van der Waals surface area contributed by atoms with E-state index in [0.717, 1.165) is 10.6 Å². The van der Waals surface area contributed by atoms with Crippen LogP contribution in [0, 0.1) is 0 Å². The fraction of sp³-hybridized carbons (Fsp3) is 0.227. The largest absolute Gasteiger partial charge is 0.493 e. The molecule has 3 aromatic rings. The van der Waals surface area contributed by atoms with Crippen LogP contribution in [0.2, 0.25) is 0 Å². The first-order chi connectivity index (χ1) is 15.1. The van der Waals surface area contributed by atoms with E-state index in [0.29, 0.717) is 29.2 Å². The molecule has 0 spiro atoms. The number of amides is 1. The summed E-state index contributed by atoms with van der Waals surface area (Å²) in [5, 5.41) is 7.93. The van der Waals surface area contributed by atoms with Crippen molar-refractivity contribution in [3.8, 4) is 11.5 Å². The first-order valence-corrected chi connectivity index (χ1v) is 10.3. The lowest BCUT2D eigenvalue weighted by Crippen LogP contribution is -2.31. The van der Waals surface area contributed by atoms with Gasteiger partial charge in [0.2, 0.25) is 0 Å². The van der Waals surface area contributed by atoms with Crippen molar-refractivity contribution in [1.29, 1.82) is 0 Å². The van der Waals surface area contributed by atoms with Gasteiger partial charge in [-0.05, 0) is 41.8 Å². The molecular weight excluding hydrogens is 420 g/mol. The number of thiophene rings is 1. The summed E-state index contributed by atoms with van der Waals surface area (Å²) in [6.45, 7) is -0.258. The van der Waals surface area contributed by atoms with Crippen LogP contribution >= 0.6 is 11.3 Å². The van der Waals surface area contributed by atoms with Crippen LogP contribution in [0.15, 0.2) is 63.6 Å². The van der Waals surface area contributed by atoms with E-state index in [4.69, 9.17) is 18.6 Å². The number of hydrogen-bond donors (Lipinski definition) is 0. The van der Waals surface area contributed by atoms with Crippen molar-refractivity contribution < 1.29 is 28.2 Å². The lowest BCUT2D eigenvalue weighted by molar-refractivity contribution is -0.135. The zero-order chi connectivity index (χ0) is 21.8. The van der Waals surface area contributed by atoms with E-state index in [2.05, 4.69) is 5.10 Å². The van der Waals surface area contributed by atoms with Gasteiger partial charge in [-0.3, -0.25) is 4.79 Å². The smallest absolute Gasteiger partial charge is 0.337 e. The van der Waals surface area contributed by atoms with Crippen molar-refractivity contribution in [3.05, 3.63) is 70.3 Å². The molecule has 0 fully saturated rings. The van der Waals surface area contributed by atoms with Crippen LogP contribution in [-0.4, -0.2) is 43.4 Å². The normalized spacial score (nSPS) is 15.5. The molecule has 0 aliphatic carbocycles. The molecule has 3 heterocycles. The third-order valence-electron chi connectivity index (χ3n) is 4.78. The van der Waals surface area contributed by atoms with Gasteiger partial charge in [-0.2, -0.15) is 5.10 Å². The van der Waals surface area contributed by atoms with Crippen LogP contribution in [0.25, 0.3) is 0 Å². The molecule has 1 atom stereocenters. The molecule has 0 unspecified atom stereocenters. The van der Waals surface area contributed by atoms with Crippen LogP contribution in [0.1, 0.15) is 33.5 Å². The Balaban J connectivity index is 1.52. The van der Waals surface area contributed by atoms with Gasteiger partial charge in [0.25, 0.3) is 5.91 Å². The van der Waals surface area contributed by atoms with E-state index >= 15 is 0 Å². The molecule has 0 saturated carbocycles. The van der Waals surface area contributed by atoms with Crippen LogP contribution in [0.5, 0.6) is 11.5 Å². The number of carbonyl (C=O) groups is 2. The molecule has 1 aromatic carbocycles. The van der Waals surface area contributed by atoms with Crippen LogP contribution in [-0.2, 0) is 9.53 Å². The van der Waals surface area contributed by atoms with E-state index in [-0.39, 0.29) is 18.6 Å². The maximum absolute atomic E-state index is 13.0. The summed E-state index contributed by atoms with van der Waals surface area (Å²) >= 11 is 1.57. The summed E-state index contributed by atoms with van der Waals surface area (Å²) < 4.78 is 21.2. The van der Waals surface area contributed by atoms with Gasteiger partial charge in [0.1, 0.15) is 11.8 Å². The number of rotatable bonds is 7. The summed E-state index contributed by atoms with van der Waals surface area (Å²) in [6.07, 6.45) is 2.13. The first-order valence-electron chi connectivity index (χ1n) is 9.46. The zero-order valence-electron chi connectivity index (χ0n) is 16.9. The Morgan fingerprint density at radius 1 is 1.19 bits per heavy atom. The molecule has 0 bridgehead atoms. The van der Waals surface area contributed by atoms with Crippen molar-refractivity contribution in [1.82, 2.24) is 5.01 Å². The molecule has 0 saturated heterocycles. The molecule has 0 radical (unpaired) electrons. The minimum Gasteiger partial charge on any atom is -0.493 e. The average molecular weight is 440 g/mol. The van der Waals surface area contributed by atoms with Crippen molar-refractivity contribution in [2.75, 3.05) is 20.8 Å². The van der Waals surface area contributed by atoms with Gasteiger partial charge >= 0.3 is 5.97 Å². The molecule has 2 aromatic heterocycles. The van der Waals surface area contributed by atoms with Crippen molar-refractivity contribution in [3.63, 3.8) is 0 Å². The maximum atomic E-state index is 13.0. The number of carbonyl (C=O) groups excluding carboxylic acids is 2. The number of ether oxygens (including phenoxy) is 3. The lowest BCUT2D eigenvalue weighted by Gasteiger charge is -2.20. The predicted octanol–water partition coefficient (Wildman–Crippen LogP) is 3.89. The van der Waals surface area contributed by atoms with Gasteiger partial charge in [0.15, 0.2) is 18.1 Å². The number of esters is 1. The first kappa shape index (κ1) is 20.7. The Hall–Kier alpha value is -3.59. The van der Waals surface area contributed by atoms with Crippen molar-refractivity contribution in [2.45, 2.75) is 12.5 Å².